The van der Waals surface area contributed by atoms with Crippen molar-refractivity contribution in [2.75, 3.05) is 25.6 Å². The number of amides is 2. The lowest BCUT2D eigenvalue weighted by atomic mass is 10.1. The highest BCUT2D eigenvalue weighted by Crippen LogP contribution is 2.38. The van der Waals surface area contributed by atoms with Gasteiger partial charge in [0.15, 0.2) is 23.3 Å². The number of hydrogen-bond donors (Lipinski definition) is 1. The molecule has 1 saturated heterocycles. The number of methoxy groups -OCH3 is 1. The summed E-state index contributed by atoms with van der Waals surface area (Å²) in [5.74, 6) is -0.118. The van der Waals surface area contributed by atoms with E-state index in [9.17, 15) is 14.0 Å². The van der Waals surface area contributed by atoms with Crippen molar-refractivity contribution in [2.24, 2.45) is 4.99 Å². The molecule has 190 valence electrons. The molecule has 0 atom stereocenters. The maximum Gasteiger partial charge on any atom is 0.266 e. The van der Waals surface area contributed by atoms with E-state index in [0.29, 0.717) is 45.1 Å². The van der Waals surface area contributed by atoms with E-state index >= 15 is 0 Å². The fraction of sp³-hybridized carbons (Fsp3) is 0.179. The third-order valence-electron chi connectivity index (χ3n) is 5.45. The molecule has 3 aromatic carbocycles. The zero-order valence-corrected chi connectivity index (χ0v) is 21.5. The van der Waals surface area contributed by atoms with Gasteiger partial charge in [0.2, 0.25) is 0 Å². The van der Waals surface area contributed by atoms with Gasteiger partial charge < -0.3 is 14.8 Å². The summed E-state index contributed by atoms with van der Waals surface area (Å²) in [5.41, 5.74) is 2.88. The fourth-order valence-corrected chi connectivity index (χ4v) is 4.62. The third-order valence-corrected chi connectivity index (χ3v) is 6.46. The second-order valence-electron chi connectivity index (χ2n) is 8.11. The minimum absolute atomic E-state index is 0.209. The summed E-state index contributed by atoms with van der Waals surface area (Å²) < 4.78 is 24.6. The molecule has 0 spiro atoms. The average molecular weight is 520 g/mol. The van der Waals surface area contributed by atoms with E-state index in [1.54, 1.807) is 41.3 Å². The predicted molar refractivity (Wildman–Crippen MR) is 145 cm³/mol. The third kappa shape index (κ3) is 6.37. The van der Waals surface area contributed by atoms with Crippen molar-refractivity contribution in [3.05, 3.63) is 88.6 Å². The Kier molecular flexibility index (Phi) is 8.25. The van der Waals surface area contributed by atoms with Crippen LogP contribution in [0.1, 0.15) is 18.1 Å². The highest BCUT2D eigenvalue weighted by Gasteiger charge is 2.32. The Morgan fingerprint density at radius 1 is 1.11 bits per heavy atom. The maximum atomic E-state index is 13.3. The number of benzene rings is 3. The molecule has 2 amide bonds. The van der Waals surface area contributed by atoms with Crippen LogP contribution >= 0.6 is 11.8 Å². The molecular weight excluding hydrogens is 493 g/mol. The number of nitrogens with one attached hydrogen (secondary N) is 1. The molecule has 0 bridgehead atoms. The van der Waals surface area contributed by atoms with Crippen LogP contribution in [0.3, 0.4) is 0 Å². The highest BCUT2D eigenvalue weighted by atomic mass is 32.2. The normalized spacial score (nSPS) is 15.4. The number of rotatable bonds is 8. The number of carbonyl (C=O) groups excluding carboxylic acids is 2. The van der Waals surface area contributed by atoms with Crippen LogP contribution in [0.25, 0.3) is 6.08 Å². The van der Waals surface area contributed by atoms with Crippen molar-refractivity contribution in [2.45, 2.75) is 13.8 Å². The van der Waals surface area contributed by atoms with Crippen molar-refractivity contribution >= 4 is 46.2 Å². The van der Waals surface area contributed by atoms with Gasteiger partial charge in [-0.3, -0.25) is 14.5 Å². The van der Waals surface area contributed by atoms with Crippen molar-refractivity contribution in [3.63, 3.8) is 0 Å². The Morgan fingerprint density at radius 3 is 2.51 bits per heavy atom. The van der Waals surface area contributed by atoms with Crippen LogP contribution in [0, 0.1) is 12.7 Å². The molecule has 1 heterocycles. The Hall–Kier alpha value is -4.11. The number of para-hydroxylation sites is 1. The molecule has 1 N–H and O–H groups in total. The second-order valence-corrected chi connectivity index (χ2v) is 9.12. The first-order valence-corrected chi connectivity index (χ1v) is 12.4. The maximum absolute atomic E-state index is 13.3. The lowest BCUT2D eigenvalue weighted by Crippen LogP contribution is -2.28. The molecule has 37 heavy (non-hydrogen) atoms. The number of hydrogen-bond acceptors (Lipinski definition) is 6. The molecule has 1 fully saturated rings. The second kappa shape index (κ2) is 11.7. The summed E-state index contributed by atoms with van der Waals surface area (Å²) in [5, 5.41) is 3.29. The number of amidine groups is 1. The van der Waals surface area contributed by atoms with Gasteiger partial charge in [-0.15, -0.1) is 0 Å². The van der Waals surface area contributed by atoms with Crippen molar-refractivity contribution in [1.29, 1.82) is 0 Å². The highest BCUT2D eigenvalue weighted by molar-refractivity contribution is 8.18. The standard InChI is InChI=1S/C28H26FN3O4S/c1-4-32-27(34)24(37-28(32)31-22-14-10-20(29)11-15-22)16-19-6-5-7-23(35-3)26(19)36-17-25(33)30-21-12-8-18(2)9-13-21/h5-16H,4,17H2,1-3H3,(H,30,33)/b24-16+,31-28?. The zero-order valence-electron chi connectivity index (χ0n) is 20.7. The zero-order chi connectivity index (χ0) is 26.4. The number of ether oxygens (including phenoxy) is 2. The lowest BCUT2D eigenvalue weighted by molar-refractivity contribution is -0.122. The van der Waals surface area contributed by atoms with E-state index in [-0.39, 0.29) is 24.2 Å². The summed E-state index contributed by atoms with van der Waals surface area (Å²) in [4.78, 5) is 32.1. The van der Waals surface area contributed by atoms with E-state index in [0.717, 1.165) is 5.56 Å². The molecule has 4 rings (SSSR count). The topological polar surface area (TPSA) is 80.2 Å². The van der Waals surface area contributed by atoms with Crippen LogP contribution in [0.2, 0.25) is 0 Å². The fourth-order valence-electron chi connectivity index (χ4n) is 3.57. The molecule has 7 nitrogen and oxygen atoms in total. The Bertz CT molecular complexity index is 1350. The number of carbonyl (C=O) groups is 2. The summed E-state index contributed by atoms with van der Waals surface area (Å²) in [6.45, 7) is 4.00. The SMILES string of the molecule is CCN1C(=O)/C(=C\c2cccc(OC)c2OCC(=O)Nc2ccc(C)cc2)SC1=Nc1ccc(F)cc1. The average Bonchev–Trinajstić information content (AvgIpc) is 3.19. The minimum Gasteiger partial charge on any atom is -0.493 e. The van der Waals surface area contributed by atoms with Gasteiger partial charge in [0, 0.05) is 17.8 Å². The van der Waals surface area contributed by atoms with E-state index in [4.69, 9.17) is 9.47 Å². The number of aryl methyl sites for hydroxylation is 1. The quantitative estimate of drug-likeness (QED) is 0.382. The Labute approximate surface area is 219 Å². The summed E-state index contributed by atoms with van der Waals surface area (Å²) in [6, 6.07) is 18.5. The molecule has 0 radical (unpaired) electrons. The first-order chi connectivity index (χ1) is 17.9. The van der Waals surface area contributed by atoms with Gasteiger partial charge in [-0.25, -0.2) is 9.38 Å². The molecule has 0 aliphatic carbocycles. The largest absolute Gasteiger partial charge is 0.493 e. The van der Waals surface area contributed by atoms with Crippen molar-refractivity contribution in [3.8, 4) is 11.5 Å². The molecule has 0 saturated carbocycles. The van der Waals surface area contributed by atoms with Gasteiger partial charge in [-0.2, -0.15) is 0 Å². The molecular formula is C28H26FN3O4S. The first-order valence-electron chi connectivity index (χ1n) is 11.6. The van der Waals surface area contributed by atoms with Crippen molar-refractivity contribution in [1.82, 2.24) is 4.90 Å². The van der Waals surface area contributed by atoms with Crippen LogP contribution in [-0.4, -0.2) is 42.1 Å². The van der Waals surface area contributed by atoms with Crippen LogP contribution in [0.15, 0.2) is 76.6 Å². The monoisotopic (exact) mass is 519 g/mol. The van der Waals surface area contributed by atoms with Crippen LogP contribution in [0.4, 0.5) is 15.8 Å². The molecule has 9 heteroatoms. The summed E-state index contributed by atoms with van der Waals surface area (Å²) in [6.07, 6.45) is 1.69. The number of aliphatic imine (C=N–C) groups is 1. The minimum atomic E-state index is -0.356. The number of thioether (sulfide) groups is 1. The van der Waals surface area contributed by atoms with Gasteiger partial charge in [-0.1, -0.05) is 29.8 Å². The number of anilines is 1. The van der Waals surface area contributed by atoms with Gasteiger partial charge in [0.1, 0.15) is 5.82 Å². The van der Waals surface area contributed by atoms with Crippen LogP contribution in [-0.2, 0) is 9.59 Å². The molecule has 0 unspecified atom stereocenters. The van der Waals surface area contributed by atoms with Crippen LogP contribution in [0.5, 0.6) is 11.5 Å². The predicted octanol–water partition coefficient (Wildman–Crippen LogP) is 5.78. The number of halogens is 1. The van der Waals surface area contributed by atoms with Gasteiger partial charge in [0.25, 0.3) is 11.8 Å². The number of likely N-dealkylation sites (N-methyl/N-ethyl adjacent to an activating group) is 1. The molecule has 3 aromatic rings. The van der Waals surface area contributed by atoms with Gasteiger partial charge >= 0.3 is 0 Å². The first kappa shape index (κ1) is 26.0. The number of nitrogens with zero attached hydrogens (tertiary/aromatic N) is 2. The van der Waals surface area contributed by atoms with Gasteiger partial charge in [0.05, 0.1) is 17.7 Å². The molecule has 0 aromatic heterocycles. The van der Waals surface area contributed by atoms with E-state index in [2.05, 4.69) is 10.3 Å². The van der Waals surface area contributed by atoms with E-state index < -0.39 is 0 Å². The lowest BCUT2D eigenvalue weighted by Gasteiger charge is -2.14. The smallest absolute Gasteiger partial charge is 0.266 e. The van der Waals surface area contributed by atoms with Gasteiger partial charge in [-0.05, 0) is 74.1 Å². The van der Waals surface area contributed by atoms with Crippen molar-refractivity contribution < 1.29 is 23.5 Å². The van der Waals surface area contributed by atoms with E-state index in [1.165, 1.54) is 31.0 Å². The molecule has 1 aliphatic heterocycles. The Morgan fingerprint density at radius 2 is 1.84 bits per heavy atom. The summed E-state index contributed by atoms with van der Waals surface area (Å²) >= 11 is 1.21. The summed E-state index contributed by atoms with van der Waals surface area (Å²) in [7, 11) is 1.51. The Balaban J connectivity index is 1.56. The molecule has 1 aliphatic rings. The van der Waals surface area contributed by atoms with E-state index in [1.807, 2.05) is 38.1 Å². The van der Waals surface area contributed by atoms with Crippen LogP contribution < -0.4 is 14.8 Å².